The molecule has 1 fully saturated rings. The third-order valence-electron chi connectivity index (χ3n) is 3.25. The summed E-state index contributed by atoms with van der Waals surface area (Å²) in [7, 11) is 1.64. The van der Waals surface area contributed by atoms with Gasteiger partial charge in [0.25, 0.3) is 0 Å². The second-order valence-electron chi connectivity index (χ2n) is 4.82. The second-order valence-corrected chi connectivity index (χ2v) is 6.23. The summed E-state index contributed by atoms with van der Waals surface area (Å²) in [4.78, 5) is 13.1. The molecule has 1 N–H and O–H groups in total. The molecule has 20 heavy (non-hydrogen) atoms. The molecule has 5 heteroatoms. The summed E-state index contributed by atoms with van der Waals surface area (Å²) in [6, 6.07) is 7.75. The third kappa shape index (κ3) is 4.42. The smallest absolute Gasteiger partial charge is 0.233 e. The fraction of sp³-hybridized carbons (Fsp3) is 0.533. The van der Waals surface area contributed by atoms with E-state index in [0.29, 0.717) is 6.54 Å². The fourth-order valence-electron chi connectivity index (χ4n) is 2.10. The van der Waals surface area contributed by atoms with Crippen LogP contribution >= 0.6 is 11.8 Å². The summed E-state index contributed by atoms with van der Waals surface area (Å²) < 4.78 is 10.7. The van der Waals surface area contributed by atoms with Gasteiger partial charge in [-0.25, -0.2) is 0 Å². The number of carbonyl (C=O) groups excluding carboxylic acids is 1. The molecule has 1 heterocycles. The SMILES string of the molecule is COc1cccc(S[C@H](C)C(=O)NC[C@@H]2CCCO2)c1. The van der Waals surface area contributed by atoms with E-state index in [1.54, 1.807) is 7.11 Å². The maximum absolute atomic E-state index is 12.0. The summed E-state index contributed by atoms with van der Waals surface area (Å²) in [5.74, 6) is 0.857. The quantitative estimate of drug-likeness (QED) is 0.819. The van der Waals surface area contributed by atoms with E-state index >= 15 is 0 Å². The van der Waals surface area contributed by atoms with Crippen molar-refractivity contribution >= 4 is 17.7 Å². The van der Waals surface area contributed by atoms with Gasteiger partial charge in [-0.3, -0.25) is 4.79 Å². The van der Waals surface area contributed by atoms with Crippen LogP contribution in [0.15, 0.2) is 29.2 Å². The number of ether oxygens (including phenoxy) is 2. The number of methoxy groups -OCH3 is 1. The molecule has 1 aliphatic heterocycles. The molecule has 0 aliphatic carbocycles. The molecular formula is C15H21NO3S. The summed E-state index contributed by atoms with van der Waals surface area (Å²) in [6.45, 7) is 3.34. The average molecular weight is 295 g/mol. The lowest BCUT2D eigenvalue weighted by Gasteiger charge is -2.15. The molecule has 0 unspecified atom stereocenters. The Balaban J connectivity index is 1.80. The van der Waals surface area contributed by atoms with E-state index in [1.165, 1.54) is 11.8 Å². The predicted molar refractivity (Wildman–Crippen MR) is 80.3 cm³/mol. The topological polar surface area (TPSA) is 47.6 Å². The molecule has 2 rings (SSSR count). The van der Waals surface area contributed by atoms with Gasteiger partial charge in [-0.05, 0) is 38.0 Å². The lowest BCUT2D eigenvalue weighted by Crippen LogP contribution is -2.36. The molecule has 2 atom stereocenters. The molecule has 4 nitrogen and oxygen atoms in total. The molecule has 1 amide bonds. The Morgan fingerprint density at radius 3 is 3.15 bits per heavy atom. The molecule has 0 saturated carbocycles. The largest absolute Gasteiger partial charge is 0.497 e. The molecule has 1 aliphatic rings. The minimum atomic E-state index is -0.136. The van der Waals surface area contributed by atoms with Gasteiger partial charge in [-0.15, -0.1) is 11.8 Å². The highest BCUT2D eigenvalue weighted by molar-refractivity contribution is 8.00. The Hall–Kier alpha value is -1.20. The summed E-state index contributed by atoms with van der Waals surface area (Å²) >= 11 is 1.53. The molecule has 1 aromatic carbocycles. The van der Waals surface area contributed by atoms with Crippen molar-refractivity contribution in [2.24, 2.45) is 0 Å². The minimum Gasteiger partial charge on any atom is -0.497 e. The minimum absolute atomic E-state index is 0.0494. The maximum Gasteiger partial charge on any atom is 0.233 e. The first-order valence-electron chi connectivity index (χ1n) is 6.89. The standard InChI is InChI=1S/C15H21NO3S/c1-11(15(17)16-10-13-6-4-8-19-13)20-14-7-3-5-12(9-14)18-2/h3,5,7,9,11,13H,4,6,8,10H2,1-2H3,(H,16,17)/t11-,13+/m1/s1. The second kappa shape index (κ2) is 7.55. The zero-order valence-electron chi connectivity index (χ0n) is 11.9. The Morgan fingerprint density at radius 1 is 1.60 bits per heavy atom. The van der Waals surface area contributed by atoms with Crippen molar-refractivity contribution in [3.8, 4) is 5.75 Å². The van der Waals surface area contributed by atoms with E-state index in [0.717, 1.165) is 30.1 Å². The molecule has 0 radical (unpaired) electrons. The number of amides is 1. The van der Waals surface area contributed by atoms with Gasteiger partial charge in [0.1, 0.15) is 5.75 Å². The lowest BCUT2D eigenvalue weighted by atomic mass is 10.2. The first-order chi connectivity index (χ1) is 9.69. The molecular weight excluding hydrogens is 274 g/mol. The highest BCUT2D eigenvalue weighted by Gasteiger charge is 2.19. The van der Waals surface area contributed by atoms with Gasteiger partial charge in [0.15, 0.2) is 0 Å². The van der Waals surface area contributed by atoms with Crippen molar-refractivity contribution in [3.05, 3.63) is 24.3 Å². The van der Waals surface area contributed by atoms with Crippen LogP contribution in [0.5, 0.6) is 5.75 Å². The lowest BCUT2D eigenvalue weighted by molar-refractivity contribution is -0.120. The van der Waals surface area contributed by atoms with E-state index < -0.39 is 0 Å². The third-order valence-corrected chi connectivity index (χ3v) is 4.34. The van der Waals surface area contributed by atoms with Gasteiger partial charge in [0, 0.05) is 18.0 Å². The summed E-state index contributed by atoms with van der Waals surface area (Å²) in [5.41, 5.74) is 0. The van der Waals surface area contributed by atoms with Crippen LogP contribution in [-0.4, -0.2) is 37.5 Å². The zero-order valence-corrected chi connectivity index (χ0v) is 12.7. The summed E-state index contributed by atoms with van der Waals surface area (Å²) in [6.07, 6.45) is 2.32. The van der Waals surface area contributed by atoms with E-state index in [1.807, 2.05) is 31.2 Å². The van der Waals surface area contributed by atoms with Gasteiger partial charge >= 0.3 is 0 Å². The van der Waals surface area contributed by atoms with Crippen molar-refractivity contribution in [2.45, 2.75) is 36.0 Å². The number of rotatable bonds is 6. The molecule has 1 aromatic rings. The Morgan fingerprint density at radius 2 is 2.45 bits per heavy atom. The van der Waals surface area contributed by atoms with E-state index in [4.69, 9.17) is 9.47 Å². The molecule has 110 valence electrons. The Labute approximate surface area is 124 Å². The van der Waals surface area contributed by atoms with E-state index in [9.17, 15) is 4.79 Å². The van der Waals surface area contributed by atoms with Gasteiger partial charge in [-0.1, -0.05) is 6.07 Å². The van der Waals surface area contributed by atoms with Gasteiger partial charge < -0.3 is 14.8 Å². The van der Waals surface area contributed by atoms with Crippen molar-refractivity contribution in [2.75, 3.05) is 20.3 Å². The first kappa shape index (κ1) is 15.2. The van der Waals surface area contributed by atoms with Crippen LogP contribution in [0, 0.1) is 0 Å². The molecule has 0 bridgehead atoms. The average Bonchev–Trinajstić information content (AvgIpc) is 2.98. The molecule has 0 spiro atoms. The van der Waals surface area contributed by atoms with Gasteiger partial charge in [0.2, 0.25) is 5.91 Å². The number of hydrogen-bond donors (Lipinski definition) is 1. The predicted octanol–water partition coefficient (Wildman–Crippen LogP) is 2.47. The molecule has 0 aromatic heterocycles. The zero-order chi connectivity index (χ0) is 14.4. The van der Waals surface area contributed by atoms with Crippen LogP contribution in [0.2, 0.25) is 0 Å². The van der Waals surface area contributed by atoms with Crippen molar-refractivity contribution in [1.82, 2.24) is 5.32 Å². The molecule has 1 saturated heterocycles. The van der Waals surface area contributed by atoms with Gasteiger partial charge in [0.05, 0.1) is 18.5 Å². The van der Waals surface area contributed by atoms with Crippen molar-refractivity contribution < 1.29 is 14.3 Å². The highest BCUT2D eigenvalue weighted by atomic mass is 32.2. The van der Waals surface area contributed by atoms with Crippen LogP contribution in [0.25, 0.3) is 0 Å². The number of nitrogens with one attached hydrogen (secondary N) is 1. The number of benzene rings is 1. The fourth-order valence-corrected chi connectivity index (χ4v) is 3.04. The highest BCUT2D eigenvalue weighted by Crippen LogP contribution is 2.26. The van der Waals surface area contributed by atoms with E-state index in [-0.39, 0.29) is 17.3 Å². The Bertz CT molecular complexity index is 446. The van der Waals surface area contributed by atoms with E-state index in [2.05, 4.69) is 5.32 Å². The number of carbonyl (C=O) groups is 1. The van der Waals surface area contributed by atoms with Crippen LogP contribution < -0.4 is 10.1 Å². The maximum atomic E-state index is 12.0. The van der Waals surface area contributed by atoms with Crippen LogP contribution in [0.3, 0.4) is 0 Å². The number of hydrogen-bond acceptors (Lipinski definition) is 4. The van der Waals surface area contributed by atoms with Crippen LogP contribution in [0.4, 0.5) is 0 Å². The van der Waals surface area contributed by atoms with Crippen LogP contribution in [0.1, 0.15) is 19.8 Å². The summed E-state index contributed by atoms with van der Waals surface area (Å²) in [5, 5.41) is 2.82. The van der Waals surface area contributed by atoms with Crippen molar-refractivity contribution in [1.29, 1.82) is 0 Å². The monoisotopic (exact) mass is 295 g/mol. The van der Waals surface area contributed by atoms with Crippen molar-refractivity contribution in [3.63, 3.8) is 0 Å². The number of thioether (sulfide) groups is 1. The Kier molecular flexibility index (Phi) is 5.73. The first-order valence-corrected chi connectivity index (χ1v) is 7.77. The van der Waals surface area contributed by atoms with Crippen LogP contribution in [-0.2, 0) is 9.53 Å². The van der Waals surface area contributed by atoms with Gasteiger partial charge in [-0.2, -0.15) is 0 Å². The normalized spacial score (nSPS) is 19.6.